The maximum absolute atomic E-state index is 11.0. The van der Waals surface area contributed by atoms with E-state index in [0.717, 1.165) is 0 Å². The summed E-state index contributed by atoms with van der Waals surface area (Å²) in [7, 11) is 0. The third-order valence-corrected chi connectivity index (χ3v) is 1.30. The van der Waals surface area contributed by atoms with E-state index in [0.29, 0.717) is 0 Å². The minimum absolute atomic E-state index is 0.0419. The van der Waals surface area contributed by atoms with Gasteiger partial charge in [-0.2, -0.15) is 5.10 Å². The maximum atomic E-state index is 11.0. The van der Waals surface area contributed by atoms with E-state index in [1.54, 1.807) is 18.5 Å². The van der Waals surface area contributed by atoms with Crippen LogP contribution >= 0.6 is 0 Å². The van der Waals surface area contributed by atoms with Gasteiger partial charge in [0.25, 0.3) is 0 Å². The molecule has 0 radical (unpaired) electrons. The SMILES string of the molecule is O=C(O)CNC(=O)Cn1cccn1. The highest BCUT2D eigenvalue weighted by molar-refractivity contribution is 5.80. The lowest BCUT2D eigenvalue weighted by atomic mass is 10.5. The predicted molar refractivity (Wildman–Crippen MR) is 42.9 cm³/mol. The van der Waals surface area contributed by atoms with Gasteiger partial charge >= 0.3 is 5.97 Å². The fourth-order valence-corrected chi connectivity index (χ4v) is 0.771. The molecule has 0 aromatic carbocycles. The van der Waals surface area contributed by atoms with Crippen LogP contribution in [0.25, 0.3) is 0 Å². The third-order valence-electron chi connectivity index (χ3n) is 1.30. The molecule has 0 saturated carbocycles. The lowest BCUT2D eigenvalue weighted by molar-refractivity contribution is -0.138. The van der Waals surface area contributed by atoms with Crippen LogP contribution in [0.5, 0.6) is 0 Å². The molecule has 6 nitrogen and oxygen atoms in total. The van der Waals surface area contributed by atoms with E-state index in [9.17, 15) is 9.59 Å². The fraction of sp³-hybridized carbons (Fsp3) is 0.286. The van der Waals surface area contributed by atoms with E-state index in [1.807, 2.05) is 0 Å². The van der Waals surface area contributed by atoms with Gasteiger partial charge in [0.1, 0.15) is 13.1 Å². The molecule has 0 aliphatic rings. The van der Waals surface area contributed by atoms with Crippen molar-refractivity contribution in [2.75, 3.05) is 6.54 Å². The van der Waals surface area contributed by atoms with Crippen molar-refractivity contribution in [1.29, 1.82) is 0 Å². The number of amides is 1. The van der Waals surface area contributed by atoms with Crippen LogP contribution in [0.2, 0.25) is 0 Å². The smallest absolute Gasteiger partial charge is 0.322 e. The van der Waals surface area contributed by atoms with Crippen LogP contribution in [0, 0.1) is 0 Å². The summed E-state index contributed by atoms with van der Waals surface area (Å²) in [6, 6.07) is 1.68. The van der Waals surface area contributed by atoms with Gasteiger partial charge in [0.15, 0.2) is 0 Å². The Kier molecular flexibility index (Phi) is 3.02. The van der Waals surface area contributed by atoms with Crippen LogP contribution in [-0.4, -0.2) is 33.3 Å². The van der Waals surface area contributed by atoms with Gasteiger partial charge in [-0.1, -0.05) is 0 Å². The summed E-state index contributed by atoms with van der Waals surface area (Å²) in [6.07, 6.45) is 3.17. The van der Waals surface area contributed by atoms with Gasteiger partial charge in [0.2, 0.25) is 5.91 Å². The Morgan fingerprint density at radius 2 is 2.31 bits per heavy atom. The van der Waals surface area contributed by atoms with E-state index < -0.39 is 5.97 Å². The van der Waals surface area contributed by atoms with Gasteiger partial charge in [-0.3, -0.25) is 14.3 Å². The highest BCUT2D eigenvalue weighted by Crippen LogP contribution is 1.83. The van der Waals surface area contributed by atoms with Crippen LogP contribution in [-0.2, 0) is 16.1 Å². The molecule has 1 rings (SSSR count). The standard InChI is InChI=1S/C7H9N3O3/c11-6(8-4-7(12)13)5-10-3-1-2-9-10/h1-3H,4-5H2,(H,8,11)(H,12,13). The number of rotatable bonds is 4. The monoisotopic (exact) mass is 183 g/mol. The van der Waals surface area contributed by atoms with Gasteiger partial charge < -0.3 is 10.4 Å². The Hall–Kier alpha value is -1.85. The first-order chi connectivity index (χ1) is 6.18. The van der Waals surface area contributed by atoms with Crippen molar-refractivity contribution in [3.05, 3.63) is 18.5 Å². The van der Waals surface area contributed by atoms with E-state index in [2.05, 4.69) is 10.4 Å². The number of nitrogens with zero attached hydrogens (tertiary/aromatic N) is 2. The molecule has 6 heteroatoms. The zero-order valence-electron chi connectivity index (χ0n) is 6.80. The number of hydrogen-bond acceptors (Lipinski definition) is 3. The Morgan fingerprint density at radius 1 is 1.54 bits per heavy atom. The first kappa shape index (κ1) is 9.24. The number of nitrogens with one attached hydrogen (secondary N) is 1. The van der Waals surface area contributed by atoms with Gasteiger partial charge in [-0.15, -0.1) is 0 Å². The van der Waals surface area contributed by atoms with Crippen molar-refractivity contribution in [2.24, 2.45) is 0 Å². The summed E-state index contributed by atoms with van der Waals surface area (Å²) < 4.78 is 1.41. The molecular weight excluding hydrogens is 174 g/mol. The maximum Gasteiger partial charge on any atom is 0.322 e. The lowest BCUT2D eigenvalue weighted by Crippen LogP contribution is -2.32. The molecule has 0 aliphatic heterocycles. The molecule has 0 bridgehead atoms. The summed E-state index contributed by atoms with van der Waals surface area (Å²) in [4.78, 5) is 21.0. The van der Waals surface area contributed by atoms with Gasteiger partial charge in [0, 0.05) is 12.4 Å². The molecular formula is C7H9N3O3. The minimum atomic E-state index is -1.06. The number of carboxylic acid groups (broad SMARTS) is 1. The Balaban J connectivity index is 2.30. The first-order valence-electron chi connectivity index (χ1n) is 3.64. The highest BCUT2D eigenvalue weighted by Gasteiger charge is 2.03. The molecule has 0 atom stereocenters. The number of carbonyl (C=O) groups excluding carboxylic acids is 1. The average molecular weight is 183 g/mol. The predicted octanol–water partition coefficient (Wildman–Crippen LogP) is -0.916. The van der Waals surface area contributed by atoms with Gasteiger partial charge in [-0.25, -0.2) is 0 Å². The number of carbonyl (C=O) groups is 2. The summed E-state index contributed by atoms with van der Waals surface area (Å²) >= 11 is 0. The van der Waals surface area contributed by atoms with Crippen LogP contribution in [0.1, 0.15) is 0 Å². The van der Waals surface area contributed by atoms with Crippen molar-refractivity contribution < 1.29 is 14.7 Å². The highest BCUT2D eigenvalue weighted by atomic mass is 16.4. The average Bonchev–Trinajstić information content (AvgIpc) is 2.53. The fourth-order valence-electron chi connectivity index (χ4n) is 0.771. The van der Waals surface area contributed by atoms with Crippen molar-refractivity contribution >= 4 is 11.9 Å². The molecule has 0 unspecified atom stereocenters. The molecule has 0 saturated heterocycles. The van der Waals surface area contributed by atoms with E-state index in [4.69, 9.17) is 5.11 Å². The van der Waals surface area contributed by atoms with Gasteiger partial charge in [0.05, 0.1) is 0 Å². The topological polar surface area (TPSA) is 84.2 Å². The number of carboxylic acids is 1. The molecule has 0 aliphatic carbocycles. The van der Waals surface area contributed by atoms with Crippen LogP contribution in [0.15, 0.2) is 18.5 Å². The molecule has 0 spiro atoms. The van der Waals surface area contributed by atoms with Crippen LogP contribution in [0.4, 0.5) is 0 Å². The second-order valence-electron chi connectivity index (χ2n) is 2.37. The molecule has 2 N–H and O–H groups in total. The summed E-state index contributed by atoms with van der Waals surface area (Å²) in [5, 5.41) is 14.3. The molecule has 13 heavy (non-hydrogen) atoms. The molecule has 0 fully saturated rings. The number of hydrogen-bond donors (Lipinski definition) is 2. The minimum Gasteiger partial charge on any atom is -0.480 e. The van der Waals surface area contributed by atoms with Gasteiger partial charge in [-0.05, 0) is 6.07 Å². The lowest BCUT2D eigenvalue weighted by Gasteiger charge is -2.01. The number of aliphatic carboxylic acids is 1. The van der Waals surface area contributed by atoms with Crippen molar-refractivity contribution in [1.82, 2.24) is 15.1 Å². The Labute approximate surface area is 74.2 Å². The largest absolute Gasteiger partial charge is 0.480 e. The zero-order valence-corrected chi connectivity index (χ0v) is 6.80. The zero-order chi connectivity index (χ0) is 9.68. The van der Waals surface area contributed by atoms with Crippen LogP contribution < -0.4 is 5.32 Å². The quantitative estimate of drug-likeness (QED) is 0.632. The van der Waals surface area contributed by atoms with E-state index >= 15 is 0 Å². The first-order valence-corrected chi connectivity index (χ1v) is 3.64. The summed E-state index contributed by atoms with van der Waals surface area (Å²) in [5.74, 6) is -1.43. The van der Waals surface area contributed by atoms with Crippen LogP contribution in [0.3, 0.4) is 0 Å². The Bertz CT molecular complexity index is 294. The molecule has 1 amide bonds. The van der Waals surface area contributed by atoms with Crippen molar-refractivity contribution in [2.45, 2.75) is 6.54 Å². The normalized spacial score (nSPS) is 9.54. The van der Waals surface area contributed by atoms with Crippen molar-refractivity contribution in [3.63, 3.8) is 0 Å². The Morgan fingerprint density at radius 3 is 2.85 bits per heavy atom. The molecule has 1 aromatic rings. The molecule has 1 heterocycles. The summed E-state index contributed by atoms with van der Waals surface area (Å²) in [5.41, 5.74) is 0. The number of aromatic nitrogens is 2. The van der Waals surface area contributed by atoms with Crippen molar-refractivity contribution in [3.8, 4) is 0 Å². The van der Waals surface area contributed by atoms with E-state index in [1.165, 1.54) is 4.68 Å². The summed E-state index contributed by atoms with van der Waals surface area (Å²) in [6.45, 7) is -0.319. The second-order valence-corrected chi connectivity index (χ2v) is 2.37. The molecule has 1 aromatic heterocycles. The third kappa shape index (κ3) is 3.37. The second kappa shape index (κ2) is 4.24. The van der Waals surface area contributed by atoms with E-state index in [-0.39, 0.29) is 19.0 Å². The molecule has 70 valence electrons.